The summed E-state index contributed by atoms with van der Waals surface area (Å²) >= 11 is 5.37. The Balaban J connectivity index is 1.39. The number of benzene rings is 3. The highest BCUT2D eigenvalue weighted by Crippen LogP contribution is 2.23. The summed E-state index contributed by atoms with van der Waals surface area (Å²) in [5.74, 6) is 0.430. The van der Waals surface area contributed by atoms with E-state index in [1.165, 1.54) is 4.57 Å². The molecule has 5 aromatic rings. The first-order valence-electron chi connectivity index (χ1n) is 11.2. The lowest BCUT2D eigenvalue weighted by Gasteiger charge is -2.10. The molecule has 0 unspecified atom stereocenters. The average molecular weight is 486 g/mol. The maximum atomic E-state index is 13.0. The fraction of sp³-hybridized carbons (Fsp3) is 0.154. The van der Waals surface area contributed by atoms with E-state index in [9.17, 15) is 9.59 Å². The number of fused-ring (bicyclic) bond motifs is 2. The van der Waals surface area contributed by atoms with Gasteiger partial charge in [0, 0.05) is 37.1 Å². The number of carbonyl (C=O) groups is 1. The summed E-state index contributed by atoms with van der Waals surface area (Å²) in [5.41, 5.74) is 4.06. The molecule has 9 heteroatoms. The Hall–Kier alpha value is -4.08. The zero-order valence-electron chi connectivity index (χ0n) is 19.0. The van der Waals surface area contributed by atoms with Gasteiger partial charge < -0.3 is 20.0 Å². The van der Waals surface area contributed by atoms with Gasteiger partial charge in [-0.2, -0.15) is 0 Å². The van der Waals surface area contributed by atoms with Crippen LogP contribution in [0.1, 0.15) is 16.8 Å². The van der Waals surface area contributed by atoms with Crippen molar-refractivity contribution in [1.29, 1.82) is 0 Å². The van der Waals surface area contributed by atoms with Crippen LogP contribution in [0.25, 0.3) is 33.3 Å². The van der Waals surface area contributed by atoms with Crippen LogP contribution in [0.5, 0.6) is 0 Å². The number of anilines is 1. The van der Waals surface area contributed by atoms with Crippen LogP contribution in [0.4, 0.5) is 5.69 Å². The summed E-state index contributed by atoms with van der Waals surface area (Å²) in [7, 11) is 1.62. The minimum Gasteiger partial charge on any atom is -0.385 e. The number of imidazole rings is 1. The maximum Gasteiger partial charge on any atom is 0.262 e. The molecule has 0 aliphatic carbocycles. The number of carbonyl (C=O) groups excluding carboxylic acids is 1. The zero-order valence-corrected chi connectivity index (χ0v) is 19.8. The van der Waals surface area contributed by atoms with Gasteiger partial charge in [0.05, 0.1) is 21.9 Å². The van der Waals surface area contributed by atoms with Crippen LogP contribution in [0.3, 0.4) is 0 Å². The molecule has 0 fully saturated rings. The number of methoxy groups -OCH3 is 1. The SMILES string of the molecule is COCCCn1c(=S)[nH]c2cc(C(=O)Nc3cccc(-c4nc5ccccc5[nH]4)c3)ccc2c1=O. The zero-order chi connectivity index (χ0) is 24.4. The predicted molar refractivity (Wildman–Crippen MR) is 139 cm³/mol. The van der Waals surface area contributed by atoms with E-state index in [-0.39, 0.29) is 11.5 Å². The van der Waals surface area contributed by atoms with E-state index < -0.39 is 0 Å². The number of amides is 1. The highest BCUT2D eigenvalue weighted by atomic mass is 32.1. The molecule has 0 aliphatic heterocycles. The number of aromatic amines is 2. The number of para-hydroxylation sites is 2. The van der Waals surface area contributed by atoms with E-state index in [0.29, 0.717) is 46.5 Å². The summed E-state index contributed by atoms with van der Waals surface area (Å²) in [6.07, 6.45) is 0.674. The number of rotatable bonds is 7. The van der Waals surface area contributed by atoms with E-state index in [4.69, 9.17) is 17.0 Å². The molecule has 176 valence electrons. The van der Waals surface area contributed by atoms with E-state index in [2.05, 4.69) is 20.3 Å². The van der Waals surface area contributed by atoms with Gasteiger partial charge in [0.25, 0.3) is 11.5 Å². The minimum atomic E-state index is -0.294. The summed E-state index contributed by atoms with van der Waals surface area (Å²) in [4.78, 5) is 36.9. The van der Waals surface area contributed by atoms with Gasteiger partial charge in [-0.3, -0.25) is 14.2 Å². The van der Waals surface area contributed by atoms with Crippen molar-refractivity contribution in [3.8, 4) is 11.4 Å². The first-order chi connectivity index (χ1) is 17.0. The van der Waals surface area contributed by atoms with Crippen LogP contribution in [0.15, 0.2) is 71.5 Å². The summed E-state index contributed by atoms with van der Waals surface area (Å²) in [6.45, 7) is 0.998. The normalized spacial score (nSPS) is 11.2. The Labute approximate surface area is 205 Å². The molecule has 5 rings (SSSR count). The van der Waals surface area contributed by atoms with Crippen LogP contribution in [0.2, 0.25) is 0 Å². The third-order valence-corrected chi connectivity index (χ3v) is 6.08. The number of aromatic nitrogens is 4. The van der Waals surface area contributed by atoms with Crippen LogP contribution in [-0.4, -0.2) is 39.1 Å². The fourth-order valence-corrected chi connectivity index (χ4v) is 4.29. The minimum absolute atomic E-state index is 0.189. The number of nitrogens with one attached hydrogen (secondary N) is 3. The van der Waals surface area contributed by atoms with E-state index in [1.54, 1.807) is 25.3 Å². The summed E-state index contributed by atoms with van der Waals surface area (Å²) < 4.78 is 6.89. The number of ether oxygens (including phenoxy) is 1. The van der Waals surface area contributed by atoms with Crippen molar-refractivity contribution in [2.24, 2.45) is 0 Å². The number of hydrogen-bond donors (Lipinski definition) is 3. The quantitative estimate of drug-likeness (QED) is 0.225. The standard InChI is InChI=1S/C26H23N5O3S/c1-34-13-5-12-31-25(33)19-11-10-17(15-22(19)30-26(31)35)24(32)27-18-7-4-6-16(14-18)23-28-20-8-2-3-9-21(20)29-23/h2-4,6-11,14-15H,5,12-13H2,1H3,(H,27,32)(H,28,29)(H,30,35). The second kappa shape index (κ2) is 9.65. The van der Waals surface area contributed by atoms with Gasteiger partial charge in [-0.05, 0) is 61.1 Å². The molecular formula is C26H23N5O3S. The van der Waals surface area contributed by atoms with Crippen LogP contribution < -0.4 is 10.9 Å². The molecule has 2 aromatic heterocycles. The molecule has 8 nitrogen and oxygen atoms in total. The molecule has 35 heavy (non-hydrogen) atoms. The first kappa shape index (κ1) is 22.7. The molecule has 0 spiro atoms. The monoisotopic (exact) mass is 485 g/mol. The third-order valence-electron chi connectivity index (χ3n) is 5.76. The van der Waals surface area contributed by atoms with Gasteiger partial charge in [0.2, 0.25) is 0 Å². The average Bonchev–Trinajstić information content (AvgIpc) is 3.30. The molecule has 0 saturated heterocycles. The van der Waals surface area contributed by atoms with Crippen LogP contribution >= 0.6 is 12.2 Å². The smallest absolute Gasteiger partial charge is 0.262 e. The van der Waals surface area contributed by atoms with E-state index in [1.807, 2.05) is 48.5 Å². The van der Waals surface area contributed by atoms with Crippen molar-refractivity contribution >= 4 is 45.7 Å². The lowest BCUT2D eigenvalue weighted by Crippen LogP contribution is -2.23. The molecule has 0 radical (unpaired) electrons. The molecule has 0 bridgehead atoms. The Kier molecular flexibility index (Phi) is 6.26. The molecule has 3 aromatic carbocycles. The van der Waals surface area contributed by atoms with Crippen molar-refractivity contribution < 1.29 is 9.53 Å². The van der Waals surface area contributed by atoms with Gasteiger partial charge in [0.1, 0.15) is 5.82 Å². The molecule has 0 aliphatic rings. The molecule has 3 N–H and O–H groups in total. The molecule has 2 heterocycles. The fourth-order valence-electron chi connectivity index (χ4n) is 4.00. The molecule has 0 atom stereocenters. The first-order valence-corrected chi connectivity index (χ1v) is 11.6. The third kappa shape index (κ3) is 4.64. The van der Waals surface area contributed by atoms with Crippen molar-refractivity contribution in [3.63, 3.8) is 0 Å². The van der Waals surface area contributed by atoms with Crippen molar-refractivity contribution in [1.82, 2.24) is 19.5 Å². The van der Waals surface area contributed by atoms with E-state index >= 15 is 0 Å². The van der Waals surface area contributed by atoms with Gasteiger partial charge in [-0.1, -0.05) is 24.3 Å². The lowest BCUT2D eigenvalue weighted by molar-refractivity contribution is 0.102. The molecular weight excluding hydrogens is 462 g/mol. The second-order valence-corrected chi connectivity index (χ2v) is 8.52. The Morgan fingerprint density at radius 3 is 2.74 bits per heavy atom. The lowest BCUT2D eigenvalue weighted by atomic mass is 10.1. The van der Waals surface area contributed by atoms with Crippen molar-refractivity contribution in [2.45, 2.75) is 13.0 Å². The number of nitrogens with zero attached hydrogens (tertiary/aromatic N) is 2. The van der Waals surface area contributed by atoms with Crippen molar-refractivity contribution in [2.75, 3.05) is 19.0 Å². The number of H-pyrrole nitrogens is 2. The van der Waals surface area contributed by atoms with Gasteiger partial charge in [-0.25, -0.2) is 4.98 Å². The summed E-state index contributed by atoms with van der Waals surface area (Å²) in [5, 5.41) is 3.40. The number of hydrogen-bond acceptors (Lipinski definition) is 5. The van der Waals surface area contributed by atoms with Crippen LogP contribution in [0, 0.1) is 4.77 Å². The highest BCUT2D eigenvalue weighted by molar-refractivity contribution is 7.71. The highest BCUT2D eigenvalue weighted by Gasteiger charge is 2.12. The van der Waals surface area contributed by atoms with Gasteiger partial charge in [-0.15, -0.1) is 0 Å². The van der Waals surface area contributed by atoms with Gasteiger partial charge in [0.15, 0.2) is 4.77 Å². The maximum absolute atomic E-state index is 13.0. The summed E-state index contributed by atoms with van der Waals surface area (Å²) in [6, 6.07) is 20.2. The van der Waals surface area contributed by atoms with Crippen molar-refractivity contribution in [3.05, 3.63) is 87.4 Å². The Bertz CT molecular complexity index is 1630. The van der Waals surface area contributed by atoms with Crippen LogP contribution in [-0.2, 0) is 11.3 Å². The van der Waals surface area contributed by atoms with E-state index in [0.717, 1.165) is 22.4 Å². The largest absolute Gasteiger partial charge is 0.385 e. The topological polar surface area (TPSA) is 105 Å². The predicted octanol–water partition coefficient (Wildman–Crippen LogP) is 4.89. The molecule has 0 saturated carbocycles. The molecule has 1 amide bonds. The van der Waals surface area contributed by atoms with Gasteiger partial charge >= 0.3 is 0 Å². The Morgan fingerprint density at radius 1 is 1.06 bits per heavy atom. The Morgan fingerprint density at radius 2 is 1.91 bits per heavy atom. The second-order valence-electron chi connectivity index (χ2n) is 8.13.